The fourth-order valence-corrected chi connectivity index (χ4v) is 16.0. The van der Waals surface area contributed by atoms with Gasteiger partial charge in [0.1, 0.15) is 0 Å². The van der Waals surface area contributed by atoms with Gasteiger partial charge < -0.3 is 16.8 Å². The van der Waals surface area contributed by atoms with Gasteiger partial charge in [-0.2, -0.15) is 0 Å². The maximum atomic E-state index is 4.90. The van der Waals surface area contributed by atoms with Gasteiger partial charge in [-0.1, -0.05) is 91.4 Å². The third-order valence-electron chi connectivity index (χ3n) is 2.16. The zero-order valence-corrected chi connectivity index (χ0v) is 26.5. The van der Waals surface area contributed by atoms with Crippen LogP contribution in [0.4, 0.5) is 0 Å². The molecule has 0 spiro atoms. The van der Waals surface area contributed by atoms with Gasteiger partial charge in [0, 0.05) is 11.5 Å². The Kier molecular flexibility index (Phi) is 16.5. The van der Waals surface area contributed by atoms with Crippen LogP contribution in [0.2, 0.25) is 78.6 Å². The molecule has 2 atom stereocenters. The van der Waals surface area contributed by atoms with Crippen molar-refractivity contribution in [1.29, 1.82) is 0 Å². The molecule has 0 aromatic heterocycles. The third-order valence-corrected chi connectivity index (χ3v) is 16.2. The molecule has 160 valence electrons. The summed E-state index contributed by atoms with van der Waals surface area (Å²) >= 11 is 0. The topological polar surface area (TPSA) is 56.1 Å². The first-order valence-corrected chi connectivity index (χ1v) is 26.3. The summed E-state index contributed by atoms with van der Waals surface area (Å²) < 4.78 is 17.2. The predicted octanol–water partition coefficient (Wildman–Crippen LogP) is 3.31. The van der Waals surface area contributed by atoms with Gasteiger partial charge in [0.2, 0.25) is 0 Å². The van der Waals surface area contributed by atoms with Crippen LogP contribution in [0.25, 0.3) is 8.78 Å². The van der Waals surface area contributed by atoms with Crippen molar-refractivity contribution in [3.8, 4) is 0 Å². The molecule has 4 nitrogen and oxygen atoms in total. The van der Waals surface area contributed by atoms with Gasteiger partial charge in [0.25, 0.3) is 0 Å². The fourth-order valence-electron chi connectivity index (χ4n) is 1.69. The standard InChI is InChI=1S/2C8H23N2SSi2.Be/c2*1-8-11(9-12(2,3)4)10-13(5,6)7;/h2*8H2,1-7H3;/q2*-1;+2/p+2. The summed E-state index contributed by atoms with van der Waals surface area (Å²) in [5, 5.41) is 0. The molecule has 27 heavy (non-hydrogen) atoms. The van der Waals surface area contributed by atoms with Crippen molar-refractivity contribution >= 4 is 64.8 Å². The van der Waals surface area contributed by atoms with E-state index < -0.39 is 32.9 Å². The van der Waals surface area contributed by atoms with Gasteiger partial charge in [0.15, 0.2) is 0 Å². The van der Waals surface area contributed by atoms with E-state index in [2.05, 4.69) is 100 Å². The molecule has 0 aromatic rings. The molecule has 0 fully saturated rings. The predicted molar refractivity (Wildman–Crippen MR) is 144 cm³/mol. The average molecular weight is 482 g/mol. The molecule has 2 N–H and O–H groups in total. The molecule has 0 saturated heterocycles. The molecule has 0 saturated carbocycles. The number of rotatable bonds is 8. The van der Waals surface area contributed by atoms with Gasteiger partial charge in [-0.15, -0.1) is 0 Å². The van der Waals surface area contributed by atoms with Crippen molar-refractivity contribution in [2.45, 2.75) is 92.4 Å². The van der Waals surface area contributed by atoms with Gasteiger partial charge >= 0.3 is 26.6 Å². The van der Waals surface area contributed by atoms with Gasteiger partial charge in [0.05, 0.1) is 0 Å². The second-order valence-electron chi connectivity index (χ2n) is 10.5. The number of hydrogen-bond acceptors (Lipinski definition) is 0. The summed E-state index contributed by atoms with van der Waals surface area (Å²) in [5.74, 6) is 2.29. The maximum absolute atomic E-state index is 4.90. The molecule has 0 radical (unpaired) electrons. The first-order chi connectivity index (χ1) is 11.3. The number of hydrogen-bond donors (Lipinski definition) is 2. The molecule has 0 amide bonds. The molecule has 0 aliphatic rings. The summed E-state index contributed by atoms with van der Waals surface area (Å²) in [4.78, 5) is 0. The second kappa shape index (κ2) is 13.5. The Bertz CT molecular complexity index is 433. The molecule has 0 aliphatic heterocycles. The van der Waals surface area contributed by atoms with Crippen molar-refractivity contribution in [2.75, 3.05) is 11.5 Å². The molecular formula is C16H48BeN4S2Si4+2. The Morgan fingerprint density at radius 3 is 0.889 bits per heavy atom. The van der Waals surface area contributed by atoms with Crippen LogP contribution in [0.3, 0.4) is 0 Å². The molecule has 0 aromatic carbocycles. The molecule has 0 aliphatic carbocycles. The number of nitrogens with one attached hydrogen (secondary N) is 2. The Morgan fingerprint density at radius 2 is 0.778 bits per heavy atom. The molecular weight excluding hydrogens is 434 g/mol. The Hall–Kier alpha value is 1.26. The maximum Gasteiger partial charge on any atom is 2.00 e. The minimum Gasteiger partial charge on any atom is -0.561 e. The van der Waals surface area contributed by atoms with Crippen LogP contribution in [0, 0.1) is 0 Å². The van der Waals surface area contributed by atoms with Crippen LogP contribution < -0.4 is 8.06 Å². The van der Waals surface area contributed by atoms with Crippen LogP contribution in [-0.2, 0) is 21.8 Å². The monoisotopic (exact) mass is 481 g/mol. The second-order valence-corrected chi connectivity index (χ2v) is 33.9. The summed E-state index contributed by atoms with van der Waals surface area (Å²) in [6.45, 7) is 32.3. The van der Waals surface area contributed by atoms with E-state index in [0.29, 0.717) is 0 Å². The fraction of sp³-hybridized carbons (Fsp3) is 1.00. The van der Waals surface area contributed by atoms with Crippen molar-refractivity contribution in [3.05, 3.63) is 8.78 Å². The van der Waals surface area contributed by atoms with Crippen LogP contribution in [0.1, 0.15) is 13.8 Å². The first kappa shape index (κ1) is 32.9. The minimum atomic E-state index is -1.24. The van der Waals surface area contributed by atoms with Crippen molar-refractivity contribution < 1.29 is 8.06 Å². The summed E-state index contributed by atoms with van der Waals surface area (Å²) in [7, 11) is -4.53. The average Bonchev–Trinajstić information content (AvgIpc) is 2.30. The smallest absolute Gasteiger partial charge is 0.561 e. The van der Waals surface area contributed by atoms with Gasteiger partial charge in [-0.25, -0.2) is 0 Å². The Labute approximate surface area is 184 Å². The van der Waals surface area contributed by atoms with E-state index in [0.717, 1.165) is 11.5 Å². The van der Waals surface area contributed by atoms with Crippen LogP contribution >= 0.6 is 0 Å². The van der Waals surface area contributed by atoms with Crippen molar-refractivity contribution in [1.82, 2.24) is 0 Å². The van der Waals surface area contributed by atoms with E-state index in [1.165, 1.54) is 0 Å². The van der Waals surface area contributed by atoms with Gasteiger partial charge in [-0.05, 0) is 39.3 Å². The normalized spacial score (nSPS) is 15.6. The van der Waals surface area contributed by atoms with Gasteiger partial charge in [-0.3, -0.25) is 0 Å². The Balaban J connectivity index is -0.000000411. The van der Waals surface area contributed by atoms with Crippen LogP contribution in [0.15, 0.2) is 0 Å². The van der Waals surface area contributed by atoms with E-state index >= 15 is 0 Å². The van der Waals surface area contributed by atoms with E-state index in [1.54, 1.807) is 0 Å². The molecule has 0 bridgehead atoms. The van der Waals surface area contributed by atoms with E-state index in [1.807, 2.05) is 0 Å². The van der Waals surface area contributed by atoms with E-state index in [9.17, 15) is 0 Å². The first-order valence-electron chi connectivity index (χ1n) is 9.71. The largest absolute Gasteiger partial charge is 2.00 e. The zero-order valence-electron chi connectivity index (χ0n) is 20.8. The van der Waals surface area contributed by atoms with E-state index in [4.69, 9.17) is 8.78 Å². The molecule has 0 unspecified atom stereocenters. The van der Waals surface area contributed by atoms with Crippen molar-refractivity contribution in [2.24, 2.45) is 0 Å². The minimum absolute atomic E-state index is 0. The van der Waals surface area contributed by atoms with Crippen LogP contribution in [0.5, 0.6) is 0 Å². The van der Waals surface area contributed by atoms with Crippen LogP contribution in [-0.4, -0.2) is 54.6 Å². The SMILES string of the molecule is CC/[S@@]([N-][Si](C)(C)C)=[NH+]\[Si](C)(C)C.CC/[S@@]([N-][Si](C)(C)C)=[NH+]\[Si](C)(C)C.[Be+2]. The summed E-state index contributed by atoms with van der Waals surface area (Å²) in [6.07, 6.45) is 0. The molecule has 0 heterocycles. The summed E-state index contributed by atoms with van der Waals surface area (Å²) in [5.41, 5.74) is 0. The number of nitrogens with zero attached hydrogens (tertiary/aromatic N) is 2. The zero-order chi connectivity index (χ0) is 21.4. The molecule has 11 heteroatoms. The summed E-state index contributed by atoms with van der Waals surface area (Å²) in [6, 6.07) is 0. The third kappa shape index (κ3) is 27.3. The molecule has 0 rings (SSSR count). The van der Waals surface area contributed by atoms with Crippen molar-refractivity contribution in [3.63, 3.8) is 0 Å². The quantitative estimate of drug-likeness (QED) is 0.500. The Morgan fingerprint density at radius 1 is 0.556 bits per heavy atom. The van der Waals surface area contributed by atoms with E-state index in [-0.39, 0.29) is 31.9 Å².